The normalized spacial score (nSPS) is 13.5. The van der Waals surface area contributed by atoms with Crippen LogP contribution in [0.25, 0.3) is 0 Å². The van der Waals surface area contributed by atoms with Crippen molar-refractivity contribution in [2.45, 2.75) is 19.3 Å². The van der Waals surface area contributed by atoms with Gasteiger partial charge in [-0.2, -0.15) is 0 Å². The van der Waals surface area contributed by atoms with Gasteiger partial charge in [-0.1, -0.05) is 18.2 Å². The minimum absolute atomic E-state index is 0.0859. The summed E-state index contributed by atoms with van der Waals surface area (Å²) in [5.41, 5.74) is 3.07. The van der Waals surface area contributed by atoms with Crippen LogP contribution in [0.1, 0.15) is 28.8 Å². The van der Waals surface area contributed by atoms with E-state index < -0.39 is 0 Å². The van der Waals surface area contributed by atoms with Gasteiger partial charge in [0, 0.05) is 38.7 Å². The zero-order valence-electron chi connectivity index (χ0n) is 14.0. The zero-order chi connectivity index (χ0) is 16.8. The molecule has 126 valence electrons. The van der Waals surface area contributed by atoms with E-state index in [-0.39, 0.29) is 5.91 Å². The van der Waals surface area contributed by atoms with Gasteiger partial charge in [0.1, 0.15) is 5.82 Å². The van der Waals surface area contributed by atoms with E-state index in [4.69, 9.17) is 4.74 Å². The number of hydrogen-bond donors (Lipinski definition) is 1. The fourth-order valence-electron chi connectivity index (χ4n) is 3.06. The van der Waals surface area contributed by atoms with Crippen molar-refractivity contribution in [3.63, 3.8) is 0 Å². The van der Waals surface area contributed by atoms with Gasteiger partial charge in [-0.05, 0) is 43.0 Å². The van der Waals surface area contributed by atoms with E-state index in [9.17, 15) is 4.79 Å². The molecule has 2 heterocycles. The molecule has 0 unspecified atom stereocenters. The molecular weight excluding hydrogens is 302 g/mol. The highest BCUT2D eigenvalue weighted by atomic mass is 16.5. The topological polar surface area (TPSA) is 54.5 Å². The summed E-state index contributed by atoms with van der Waals surface area (Å²) in [7, 11) is 1.66. The van der Waals surface area contributed by atoms with Gasteiger partial charge in [-0.15, -0.1) is 0 Å². The molecule has 0 radical (unpaired) electrons. The highest BCUT2D eigenvalue weighted by Gasteiger charge is 2.23. The minimum atomic E-state index is -0.0859. The van der Waals surface area contributed by atoms with E-state index in [0.717, 1.165) is 37.3 Å². The Hall–Kier alpha value is -2.40. The molecule has 24 heavy (non-hydrogen) atoms. The highest BCUT2D eigenvalue weighted by Crippen LogP contribution is 2.33. The molecule has 1 aliphatic rings. The van der Waals surface area contributed by atoms with Crippen molar-refractivity contribution in [3.05, 3.63) is 53.7 Å². The van der Waals surface area contributed by atoms with Crippen LogP contribution in [0, 0.1) is 0 Å². The third kappa shape index (κ3) is 3.57. The lowest BCUT2D eigenvalue weighted by Gasteiger charge is -2.31. The van der Waals surface area contributed by atoms with Crippen LogP contribution in [0.2, 0.25) is 0 Å². The van der Waals surface area contributed by atoms with Crippen LogP contribution in [-0.4, -0.2) is 37.7 Å². The fraction of sp³-hybridized carbons (Fsp3) is 0.368. The summed E-state index contributed by atoms with van der Waals surface area (Å²) < 4.78 is 5.02. The summed E-state index contributed by atoms with van der Waals surface area (Å²) in [6.45, 7) is 2.11. The number of ether oxygens (including phenoxy) is 1. The monoisotopic (exact) mass is 325 g/mol. The number of rotatable bonds is 6. The molecule has 0 fully saturated rings. The number of nitrogens with zero attached hydrogens (tertiary/aromatic N) is 2. The number of para-hydroxylation sites is 1. The fourth-order valence-corrected chi connectivity index (χ4v) is 3.06. The number of nitrogens with one attached hydrogen (secondary N) is 1. The largest absolute Gasteiger partial charge is 0.385 e. The number of carbonyl (C=O) groups is 1. The van der Waals surface area contributed by atoms with Crippen LogP contribution in [-0.2, 0) is 11.2 Å². The van der Waals surface area contributed by atoms with E-state index >= 15 is 0 Å². The van der Waals surface area contributed by atoms with Gasteiger partial charge in [0.25, 0.3) is 5.91 Å². The Balaban J connectivity index is 1.84. The number of hydrogen-bond acceptors (Lipinski definition) is 4. The van der Waals surface area contributed by atoms with E-state index in [0.29, 0.717) is 18.7 Å². The first-order valence-electron chi connectivity index (χ1n) is 8.39. The lowest BCUT2D eigenvalue weighted by atomic mass is 10.0. The summed E-state index contributed by atoms with van der Waals surface area (Å²) in [6.07, 6.45) is 4.67. The molecular formula is C19H23N3O2. The first-order chi connectivity index (χ1) is 11.8. The summed E-state index contributed by atoms with van der Waals surface area (Å²) in [5, 5.41) is 2.95. The molecule has 3 rings (SSSR count). The second-order valence-electron chi connectivity index (χ2n) is 5.86. The number of aryl methyl sites for hydroxylation is 1. The Kier molecular flexibility index (Phi) is 5.43. The first kappa shape index (κ1) is 16.5. The second-order valence-corrected chi connectivity index (χ2v) is 5.86. The zero-order valence-corrected chi connectivity index (χ0v) is 14.0. The number of fused-ring (bicyclic) bond motifs is 1. The predicted octanol–water partition coefficient (Wildman–Crippen LogP) is 2.93. The Morgan fingerprint density at radius 1 is 1.29 bits per heavy atom. The van der Waals surface area contributed by atoms with Gasteiger partial charge in [0.2, 0.25) is 0 Å². The number of pyridine rings is 1. The van der Waals surface area contributed by atoms with Crippen molar-refractivity contribution in [2.24, 2.45) is 0 Å². The van der Waals surface area contributed by atoms with Crippen molar-refractivity contribution in [1.29, 1.82) is 0 Å². The molecule has 5 heteroatoms. The Morgan fingerprint density at radius 2 is 2.17 bits per heavy atom. The van der Waals surface area contributed by atoms with E-state index in [1.54, 1.807) is 13.3 Å². The number of anilines is 2. The Morgan fingerprint density at radius 3 is 3.04 bits per heavy atom. The van der Waals surface area contributed by atoms with Crippen molar-refractivity contribution in [1.82, 2.24) is 10.3 Å². The number of aromatic nitrogens is 1. The molecule has 2 aromatic rings. The Labute approximate surface area is 142 Å². The van der Waals surface area contributed by atoms with E-state index in [2.05, 4.69) is 33.4 Å². The quantitative estimate of drug-likeness (QED) is 0.830. The molecule has 1 N–H and O–H groups in total. The third-order valence-corrected chi connectivity index (χ3v) is 4.21. The van der Waals surface area contributed by atoms with Crippen LogP contribution in [0.3, 0.4) is 0 Å². The van der Waals surface area contributed by atoms with Gasteiger partial charge in [-0.25, -0.2) is 4.98 Å². The summed E-state index contributed by atoms with van der Waals surface area (Å²) in [6, 6.07) is 12.0. The molecule has 5 nitrogen and oxygen atoms in total. The Bertz CT molecular complexity index is 703. The average molecular weight is 325 g/mol. The highest BCUT2D eigenvalue weighted by molar-refractivity contribution is 5.99. The van der Waals surface area contributed by atoms with Crippen LogP contribution in [0.15, 0.2) is 42.6 Å². The van der Waals surface area contributed by atoms with Crippen LogP contribution < -0.4 is 10.2 Å². The number of amides is 1. The maximum absolute atomic E-state index is 12.6. The van der Waals surface area contributed by atoms with Crippen molar-refractivity contribution < 1.29 is 9.53 Å². The van der Waals surface area contributed by atoms with Crippen molar-refractivity contribution in [3.8, 4) is 0 Å². The van der Waals surface area contributed by atoms with Gasteiger partial charge in [0.15, 0.2) is 0 Å². The summed E-state index contributed by atoms with van der Waals surface area (Å²) in [4.78, 5) is 19.2. The van der Waals surface area contributed by atoms with E-state index in [1.165, 1.54) is 5.56 Å². The van der Waals surface area contributed by atoms with Crippen LogP contribution in [0.5, 0.6) is 0 Å². The lowest BCUT2D eigenvalue weighted by Crippen LogP contribution is -2.30. The molecule has 0 saturated heterocycles. The molecule has 0 aliphatic carbocycles. The van der Waals surface area contributed by atoms with Gasteiger partial charge in [0.05, 0.1) is 5.56 Å². The molecule has 1 aliphatic heterocycles. The van der Waals surface area contributed by atoms with Crippen LogP contribution >= 0.6 is 0 Å². The van der Waals surface area contributed by atoms with Gasteiger partial charge in [-0.3, -0.25) is 4.79 Å². The van der Waals surface area contributed by atoms with Crippen LogP contribution in [0.4, 0.5) is 11.5 Å². The average Bonchev–Trinajstić information content (AvgIpc) is 2.64. The molecule has 0 saturated carbocycles. The first-order valence-corrected chi connectivity index (χ1v) is 8.39. The molecule has 0 atom stereocenters. The molecule has 1 aromatic carbocycles. The predicted molar refractivity (Wildman–Crippen MR) is 94.8 cm³/mol. The smallest absolute Gasteiger partial charge is 0.255 e. The van der Waals surface area contributed by atoms with Crippen molar-refractivity contribution >= 4 is 17.4 Å². The summed E-state index contributed by atoms with van der Waals surface area (Å²) in [5.74, 6) is 0.645. The number of methoxy groups -OCH3 is 1. The summed E-state index contributed by atoms with van der Waals surface area (Å²) >= 11 is 0. The molecule has 0 spiro atoms. The van der Waals surface area contributed by atoms with Gasteiger partial charge >= 0.3 is 0 Å². The maximum atomic E-state index is 12.6. The van der Waals surface area contributed by atoms with Crippen molar-refractivity contribution in [2.75, 3.05) is 31.7 Å². The van der Waals surface area contributed by atoms with E-state index in [1.807, 2.05) is 18.2 Å². The third-order valence-electron chi connectivity index (χ3n) is 4.21. The molecule has 0 bridgehead atoms. The maximum Gasteiger partial charge on any atom is 0.255 e. The lowest BCUT2D eigenvalue weighted by molar-refractivity contribution is 0.0949. The number of benzene rings is 1. The second kappa shape index (κ2) is 7.93. The molecule has 1 amide bonds. The number of carbonyl (C=O) groups excluding carboxylic acids is 1. The molecule has 1 aromatic heterocycles. The van der Waals surface area contributed by atoms with Gasteiger partial charge < -0.3 is 15.0 Å². The SMILES string of the molecule is COCCCNC(=O)c1cccnc1N1CCCc2ccccc21. The standard InChI is InChI=1S/C19H23N3O2/c1-24-14-6-12-21-19(23)16-9-4-11-20-18(16)22-13-5-8-15-7-2-3-10-17(15)22/h2-4,7,9-11H,5-6,8,12-14H2,1H3,(H,21,23). The minimum Gasteiger partial charge on any atom is -0.385 e.